The van der Waals surface area contributed by atoms with E-state index >= 15 is 0 Å². The van der Waals surface area contributed by atoms with E-state index in [1.54, 1.807) is 23.5 Å². The summed E-state index contributed by atoms with van der Waals surface area (Å²) in [6.07, 6.45) is 7.33. The number of benzene rings is 6. The van der Waals surface area contributed by atoms with Crippen molar-refractivity contribution in [1.82, 2.24) is 20.4 Å². The molecule has 10 rings (SSSR count). The van der Waals surface area contributed by atoms with Gasteiger partial charge in [-0.2, -0.15) is 0 Å². The van der Waals surface area contributed by atoms with Crippen molar-refractivity contribution >= 4 is 80.0 Å². The number of para-hydroxylation sites is 1. The molecule has 2 amide bonds. The number of likely N-dealkylation sites (tertiary alicyclic amines) is 2. The summed E-state index contributed by atoms with van der Waals surface area (Å²) in [7, 11) is 0. The molecule has 4 aliphatic rings. The van der Waals surface area contributed by atoms with Gasteiger partial charge >= 0.3 is 0 Å². The van der Waals surface area contributed by atoms with Crippen LogP contribution in [0.4, 0.5) is 17.1 Å². The molecule has 0 saturated carbocycles. The molecule has 4 heterocycles. The van der Waals surface area contributed by atoms with Crippen LogP contribution in [0, 0.1) is 0 Å². The van der Waals surface area contributed by atoms with Gasteiger partial charge in [0.25, 0.3) is 11.8 Å². The van der Waals surface area contributed by atoms with Crippen LogP contribution in [0.3, 0.4) is 0 Å². The van der Waals surface area contributed by atoms with Crippen LogP contribution in [0.15, 0.2) is 174 Å². The molecule has 342 valence electrons. The van der Waals surface area contributed by atoms with Crippen LogP contribution in [0.25, 0.3) is 0 Å². The predicted octanol–water partition coefficient (Wildman–Crippen LogP) is 12.4. The average molecular weight is 991 g/mol. The number of hydrogen-bond donors (Lipinski definition) is 2. The highest BCUT2D eigenvalue weighted by Crippen LogP contribution is 2.43. The van der Waals surface area contributed by atoms with Gasteiger partial charge in [-0.05, 0) is 118 Å². The van der Waals surface area contributed by atoms with Gasteiger partial charge in [-0.15, -0.1) is 0 Å². The Hall–Kier alpha value is -5.82. The summed E-state index contributed by atoms with van der Waals surface area (Å²) in [4.78, 5) is 47.9. The highest BCUT2D eigenvalue weighted by Gasteiger charge is 2.26. The first-order valence-corrected chi connectivity index (χ1v) is 25.9. The van der Waals surface area contributed by atoms with Gasteiger partial charge in [0, 0.05) is 104 Å². The molecule has 12 heteroatoms. The second-order valence-electron chi connectivity index (χ2n) is 17.0. The quantitative estimate of drug-likeness (QED) is 0.149. The van der Waals surface area contributed by atoms with E-state index in [1.165, 1.54) is 65.1 Å². The first-order valence-electron chi connectivity index (χ1n) is 23.5. The molecular weight excluding hydrogens is 935 g/mol. The van der Waals surface area contributed by atoms with Crippen LogP contribution in [0.1, 0.15) is 82.9 Å². The Morgan fingerprint density at radius 3 is 1.61 bits per heavy atom. The highest BCUT2D eigenvalue weighted by atomic mass is 79.9. The Morgan fingerprint density at radius 2 is 1.07 bits per heavy atom. The molecule has 2 fully saturated rings. The Morgan fingerprint density at radius 1 is 0.582 bits per heavy atom. The van der Waals surface area contributed by atoms with Gasteiger partial charge in [0.15, 0.2) is 0 Å². The fourth-order valence-electron chi connectivity index (χ4n) is 8.86. The van der Waals surface area contributed by atoms with Crippen LogP contribution in [-0.2, 0) is 6.54 Å². The summed E-state index contributed by atoms with van der Waals surface area (Å²) >= 11 is 7.00. The fourth-order valence-corrected chi connectivity index (χ4v) is 11.3. The first kappa shape index (κ1) is 46.3. The number of nitrogens with zero attached hydrogens (tertiary/aromatic N) is 5. The molecule has 2 saturated heterocycles. The molecule has 67 heavy (non-hydrogen) atoms. The minimum atomic E-state index is -0.0926. The lowest BCUT2D eigenvalue weighted by Gasteiger charge is -2.30. The van der Waals surface area contributed by atoms with Crippen molar-refractivity contribution in [2.75, 3.05) is 50.7 Å². The highest BCUT2D eigenvalue weighted by molar-refractivity contribution is 9.10. The number of hydrogen-bond acceptors (Lipinski definition) is 9. The monoisotopic (exact) mass is 989 g/mol. The lowest BCUT2D eigenvalue weighted by molar-refractivity contribution is 0.0944. The van der Waals surface area contributed by atoms with Gasteiger partial charge in [0.1, 0.15) is 11.7 Å². The predicted molar refractivity (Wildman–Crippen MR) is 279 cm³/mol. The number of aliphatic imine (C=N–C) groups is 2. The number of amidine groups is 2. The first-order chi connectivity index (χ1) is 32.9. The SMILES string of the molecule is CCN(CCNC(=O)c1ccc2c(c1)N=C(N1CCCCC1)c1ccccc1S2)c1ccccc1.O=C(NCc1ccccc1Br)c1ccc2c(c1)N=C(N1CCCCC1)c1ccccc1S2. The van der Waals surface area contributed by atoms with E-state index in [0.29, 0.717) is 24.2 Å². The summed E-state index contributed by atoms with van der Waals surface area (Å²) in [5, 5.41) is 6.14. The number of amides is 2. The van der Waals surface area contributed by atoms with Gasteiger partial charge in [-0.25, -0.2) is 9.98 Å². The van der Waals surface area contributed by atoms with Crippen molar-refractivity contribution in [3.63, 3.8) is 0 Å². The minimum absolute atomic E-state index is 0.0570. The zero-order chi connectivity index (χ0) is 46.0. The molecule has 0 atom stereocenters. The van der Waals surface area contributed by atoms with Crippen LogP contribution in [-0.4, -0.2) is 79.1 Å². The molecule has 0 aromatic heterocycles. The van der Waals surface area contributed by atoms with Crippen molar-refractivity contribution in [3.8, 4) is 0 Å². The lowest BCUT2D eigenvalue weighted by Crippen LogP contribution is -2.36. The normalized spacial score (nSPS) is 15.1. The molecule has 0 aliphatic carbocycles. The largest absolute Gasteiger partial charge is 0.370 e. The number of carbonyl (C=O) groups is 2. The topological polar surface area (TPSA) is 92.6 Å². The van der Waals surface area contributed by atoms with E-state index in [1.807, 2.05) is 78.9 Å². The third-order valence-corrected chi connectivity index (χ3v) is 15.5. The zero-order valence-electron chi connectivity index (χ0n) is 37.9. The number of piperidine rings is 2. The Bertz CT molecular complexity index is 2770. The third-order valence-electron chi connectivity index (χ3n) is 12.5. The zero-order valence-corrected chi connectivity index (χ0v) is 41.1. The summed E-state index contributed by atoms with van der Waals surface area (Å²) in [6, 6.07) is 47.0. The van der Waals surface area contributed by atoms with Crippen molar-refractivity contribution in [2.24, 2.45) is 9.98 Å². The molecule has 9 nitrogen and oxygen atoms in total. The summed E-state index contributed by atoms with van der Waals surface area (Å²) in [6.45, 7) is 8.96. The van der Waals surface area contributed by atoms with Crippen molar-refractivity contribution in [1.29, 1.82) is 0 Å². The standard InChI is InChI=1S/C29H32N4OS.C26H24BrN3OS/c1-2-32(23-11-5-3-6-12-23)20-17-30-29(34)22-15-16-27-25(21-22)31-28(33-18-9-4-10-19-33)24-13-7-8-14-26(24)35-27;27-21-10-4-2-8-19(21)17-28-26(31)18-12-13-24-22(16-18)29-25(30-14-6-1-7-15-30)20-9-3-5-11-23(20)32-24/h3,5-8,11-16,21H,2,4,9-10,17-20H2,1H3,(H,30,34);2-5,8-13,16H,1,6-7,14-15,17H2,(H,28,31). The van der Waals surface area contributed by atoms with Crippen LogP contribution in [0.5, 0.6) is 0 Å². The number of fused-ring (bicyclic) bond motifs is 4. The lowest BCUT2D eigenvalue weighted by atomic mass is 10.1. The van der Waals surface area contributed by atoms with Gasteiger partial charge < -0.3 is 25.3 Å². The van der Waals surface area contributed by atoms with Gasteiger partial charge in [-0.3, -0.25) is 9.59 Å². The molecule has 0 bridgehead atoms. The summed E-state index contributed by atoms with van der Waals surface area (Å²) in [5.41, 5.74) is 7.60. The van der Waals surface area contributed by atoms with Gasteiger partial charge in [0.2, 0.25) is 0 Å². The molecule has 4 aliphatic heterocycles. The summed E-state index contributed by atoms with van der Waals surface area (Å²) in [5.74, 6) is 1.91. The number of halogens is 1. The number of nitrogens with one attached hydrogen (secondary N) is 2. The number of carbonyl (C=O) groups excluding carboxylic acids is 2. The van der Waals surface area contributed by atoms with E-state index in [4.69, 9.17) is 9.98 Å². The van der Waals surface area contributed by atoms with Crippen molar-refractivity contribution in [2.45, 2.75) is 71.6 Å². The summed E-state index contributed by atoms with van der Waals surface area (Å²) < 4.78 is 0.993. The smallest absolute Gasteiger partial charge is 0.251 e. The van der Waals surface area contributed by atoms with Crippen LogP contribution in [0.2, 0.25) is 0 Å². The van der Waals surface area contributed by atoms with E-state index in [0.717, 1.165) is 82.1 Å². The molecule has 0 unspecified atom stereocenters. The third kappa shape index (κ3) is 11.3. The number of likely N-dealkylation sites (N-methyl/N-ethyl adjacent to an activating group) is 1. The minimum Gasteiger partial charge on any atom is -0.370 e. The van der Waals surface area contributed by atoms with Gasteiger partial charge in [0.05, 0.1) is 11.4 Å². The number of anilines is 1. The van der Waals surface area contributed by atoms with E-state index in [9.17, 15) is 9.59 Å². The average Bonchev–Trinajstić information content (AvgIpc) is 3.66. The number of rotatable bonds is 9. The Kier molecular flexibility index (Phi) is 15.4. The van der Waals surface area contributed by atoms with Crippen molar-refractivity contribution < 1.29 is 9.59 Å². The second-order valence-corrected chi connectivity index (χ2v) is 20.0. The molecule has 6 aromatic rings. The molecule has 2 N–H and O–H groups in total. The van der Waals surface area contributed by atoms with Crippen molar-refractivity contribution in [3.05, 3.63) is 172 Å². The molecular formula is C55H56BrN7O2S2. The second kappa shape index (κ2) is 22.3. The molecule has 0 radical (unpaired) electrons. The van der Waals surface area contributed by atoms with Crippen LogP contribution < -0.4 is 15.5 Å². The van der Waals surface area contributed by atoms with E-state index in [-0.39, 0.29) is 11.8 Å². The maximum atomic E-state index is 13.0. The Balaban J connectivity index is 0.000000169. The van der Waals surface area contributed by atoms with E-state index < -0.39 is 0 Å². The molecule has 6 aromatic carbocycles. The Labute approximate surface area is 411 Å². The van der Waals surface area contributed by atoms with Gasteiger partial charge in [-0.1, -0.05) is 112 Å². The van der Waals surface area contributed by atoms with Crippen LogP contribution >= 0.6 is 39.5 Å². The fraction of sp³-hybridized carbons (Fsp3) is 0.273. The maximum absolute atomic E-state index is 13.0. The van der Waals surface area contributed by atoms with E-state index in [2.05, 4.69) is 109 Å². The molecule has 0 spiro atoms. The maximum Gasteiger partial charge on any atom is 0.251 e.